The maximum atomic E-state index is 11.9. The van der Waals surface area contributed by atoms with Gasteiger partial charge < -0.3 is 15.3 Å². The number of thiazole rings is 1. The zero-order chi connectivity index (χ0) is 13.0. The molecule has 1 saturated heterocycles. The molecule has 7 heteroatoms. The number of piperidine rings is 1. The van der Waals surface area contributed by atoms with E-state index in [1.54, 1.807) is 0 Å². The minimum absolute atomic E-state index is 0.0134. The van der Waals surface area contributed by atoms with E-state index in [0.29, 0.717) is 5.00 Å². The molecule has 1 fully saturated rings. The molecule has 0 aliphatic carbocycles. The third-order valence-corrected chi connectivity index (χ3v) is 3.66. The summed E-state index contributed by atoms with van der Waals surface area (Å²) >= 11 is 1.19. The number of carbonyl (C=O) groups is 2. The Morgan fingerprint density at radius 2 is 2.11 bits per heavy atom. The summed E-state index contributed by atoms with van der Waals surface area (Å²) in [5, 5.41) is 12.2. The lowest BCUT2D eigenvalue weighted by Gasteiger charge is -2.26. The fraction of sp³-hybridized carbons (Fsp3) is 0.545. The molecule has 0 unspecified atom stereocenters. The van der Waals surface area contributed by atoms with E-state index in [1.807, 2.05) is 4.90 Å². The molecule has 0 spiro atoms. The van der Waals surface area contributed by atoms with E-state index < -0.39 is 5.97 Å². The fourth-order valence-electron chi connectivity index (χ4n) is 1.93. The summed E-state index contributed by atoms with van der Waals surface area (Å²) in [5.41, 5.74) is 1.43. The molecular weight excluding hydrogens is 254 g/mol. The van der Waals surface area contributed by atoms with Crippen LogP contribution in [0.5, 0.6) is 0 Å². The number of likely N-dealkylation sites (tertiary alicyclic amines) is 1. The van der Waals surface area contributed by atoms with Gasteiger partial charge in [-0.3, -0.25) is 4.79 Å². The number of aromatic carboxylic acids is 1. The van der Waals surface area contributed by atoms with Crippen molar-refractivity contribution < 1.29 is 14.7 Å². The Bertz CT molecular complexity index is 440. The van der Waals surface area contributed by atoms with Crippen LogP contribution in [0, 0.1) is 0 Å². The predicted molar refractivity (Wildman–Crippen MR) is 68.0 cm³/mol. The van der Waals surface area contributed by atoms with Gasteiger partial charge in [-0.25, -0.2) is 9.78 Å². The second-order valence-electron chi connectivity index (χ2n) is 4.13. The highest BCUT2D eigenvalue weighted by Crippen LogP contribution is 2.19. The number of rotatable bonds is 4. The topological polar surface area (TPSA) is 82.5 Å². The Kier molecular flexibility index (Phi) is 4.14. The van der Waals surface area contributed by atoms with Crippen molar-refractivity contribution in [3.8, 4) is 0 Å². The van der Waals surface area contributed by atoms with Gasteiger partial charge in [-0.1, -0.05) is 0 Å². The molecule has 2 rings (SSSR count). The van der Waals surface area contributed by atoms with Crippen LogP contribution in [0.25, 0.3) is 0 Å². The highest BCUT2D eigenvalue weighted by atomic mass is 32.1. The summed E-state index contributed by atoms with van der Waals surface area (Å²) in [6.45, 7) is 1.73. The molecule has 1 aliphatic rings. The Labute approximate surface area is 109 Å². The summed E-state index contributed by atoms with van der Waals surface area (Å²) in [7, 11) is 0. The van der Waals surface area contributed by atoms with Gasteiger partial charge >= 0.3 is 5.97 Å². The number of amides is 1. The van der Waals surface area contributed by atoms with Gasteiger partial charge in [0.05, 0.1) is 12.1 Å². The van der Waals surface area contributed by atoms with Crippen LogP contribution in [0.1, 0.15) is 29.8 Å². The Morgan fingerprint density at radius 1 is 1.39 bits per heavy atom. The number of hydrogen-bond donors (Lipinski definition) is 2. The lowest BCUT2D eigenvalue weighted by Crippen LogP contribution is -2.39. The zero-order valence-electron chi connectivity index (χ0n) is 9.89. The highest BCUT2D eigenvalue weighted by molar-refractivity contribution is 7.14. The van der Waals surface area contributed by atoms with Gasteiger partial charge in [-0.05, 0) is 19.3 Å². The number of nitrogens with one attached hydrogen (secondary N) is 1. The average Bonchev–Trinajstić information content (AvgIpc) is 2.85. The molecule has 0 bridgehead atoms. The first kappa shape index (κ1) is 12.8. The number of nitrogens with zero attached hydrogens (tertiary/aromatic N) is 2. The van der Waals surface area contributed by atoms with Gasteiger partial charge in [-0.2, -0.15) is 0 Å². The van der Waals surface area contributed by atoms with Gasteiger partial charge in [0.2, 0.25) is 5.91 Å². The van der Waals surface area contributed by atoms with Crippen LogP contribution in [-0.4, -0.2) is 46.5 Å². The number of carbonyl (C=O) groups excluding carboxylic acids is 1. The quantitative estimate of drug-likeness (QED) is 0.860. The van der Waals surface area contributed by atoms with Crippen molar-refractivity contribution in [1.82, 2.24) is 9.88 Å². The Morgan fingerprint density at radius 3 is 2.78 bits per heavy atom. The molecule has 0 aromatic carbocycles. The largest absolute Gasteiger partial charge is 0.476 e. The van der Waals surface area contributed by atoms with Crippen LogP contribution in [0.2, 0.25) is 0 Å². The molecule has 1 amide bonds. The summed E-state index contributed by atoms with van der Waals surface area (Å²) in [6.07, 6.45) is 3.27. The summed E-state index contributed by atoms with van der Waals surface area (Å²) in [4.78, 5) is 28.3. The van der Waals surface area contributed by atoms with Gasteiger partial charge in [0.1, 0.15) is 5.00 Å². The lowest BCUT2D eigenvalue weighted by atomic mass is 10.1. The number of aromatic nitrogens is 1. The van der Waals surface area contributed by atoms with Crippen molar-refractivity contribution in [2.24, 2.45) is 0 Å². The van der Waals surface area contributed by atoms with E-state index in [0.717, 1.165) is 25.9 Å². The van der Waals surface area contributed by atoms with Gasteiger partial charge in [-0.15, -0.1) is 11.3 Å². The predicted octanol–water partition coefficient (Wildman–Crippen LogP) is 1.27. The number of carboxylic acids is 1. The molecule has 0 radical (unpaired) electrons. The fourth-order valence-corrected chi connectivity index (χ4v) is 2.61. The van der Waals surface area contributed by atoms with Crippen molar-refractivity contribution in [2.45, 2.75) is 19.3 Å². The van der Waals surface area contributed by atoms with Crippen LogP contribution >= 0.6 is 11.3 Å². The molecule has 0 atom stereocenters. The van der Waals surface area contributed by atoms with E-state index >= 15 is 0 Å². The molecule has 2 heterocycles. The van der Waals surface area contributed by atoms with Gasteiger partial charge in [0.25, 0.3) is 0 Å². The van der Waals surface area contributed by atoms with E-state index in [2.05, 4.69) is 10.3 Å². The molecule has 98 valence electrons. The number of anilines is 1. The van der Waals surface area contributed by atoms with Crippen LogP contribution in [0.15, 0.2) is 5.51 Å². The van der Waals surface area contributed by atoms with E-state index in [4.69, 9.17) is 5.11 Å². The Balaban J connectivity index is 1.88. The molecular formula is C11H15N3O3S. The number of carboxylic acid groups (broad SMARTS) is 1. The Hall–Kier alpha value is -1.63. The monoisotopic (exact) mass is 269 g/mol. The second-order valence-corrected chi connectivity index (χ2v) is 4.99. The van der Waals surface area contributed by atoms with E-state index in [-0.39, 0.29) is 18.1 Å². The van der Waals surface area contributed by atoms with E-state index in [9.17, 15) is 9.59 Å². The molecule has 1 aliphatic heterocycles. The first-order chi connectivity index (χ1) is 8.68. The van der Waals surface area contributed by atoms with Crippen LogP contribution in [-0.2, 0) is 4.79 Å². The van der Waals surface area contributed by atoms with Crippen molar-refractivity contribution in [3.63, 3.8) is 0 Å². The molecule has 2 N–H and O–H groups in total. The highest BCUT2D eigenvalue weighted by Gasteiger charge is 2.18. The first-order valence-electron chi connectivity index (χ1n) is 5.87. The molecule has 1 aromatic heterocycles. The van der Waals surface area contributed by atoms with Gasteiger partial charge in [0.15, 0.2) is 5.69 Å². The lowest BCUT2D eigenvalue weighted by molar-refractivity contribution is -0.130. The summed E-state index contributed by atoms with van der Waals surface area (Å²) < 4.78 is 0. The maximum Gasteiger partial charge on any atom is 0.357 e. The van der Waals surface area contributed by atoms with Crippen LogP contribution in [0.3, 0.4) is 0 Å². The van der Waals surface area contributed by atoms with Crippen molar-refractivity contribution in [2.75, 3.05) is 25.0 Å². The second kappa shape index (κ2) is 5.81. The van der Waals surface area contributed by atoms with Crippen LogP contribution < -0.4 is 5.32 Å². The van der Waals surface area contributed by atoms with Crippen LogP contribution in [0.4, 0.5) is 5.00 Å². The smallest absolute Gasteiger partial charge is 0.357 e. The third kappa shape index (κ3) is 2.98. The standard InChI is InChI=1S/C11H15N3O3S/c15-8(14-4-2-1-3-5-14)6-12-10-9(11(16)17)13-7-18-10/h7,12H,1-6H2,(H,16,17). The number of hydrogen-bond acceptors (Lipinski definition) is 5. The molecule has 1 aromatic rings. The minimum atomic E-state index is -1.08. The van der Waals surface area contributed by atoms with E-state index in [1.165, 1.54) is 23.3 Å². The molecule has 6 nitrogen and oxygen atoms in total. The first-order valence-corrected chi connectivity index (χ1v) is 6.75. The SMILES string of the molecule is O=C(O)c1ncsc1NCC(=O)N1CCCCC1. The molecule has 18 heavy (non-hydrogen) atoms. The average molecular weight is 269 g/mol. The minimum Gasteiger partial charge on any atom is -0.476 e. The van der Waals surface area contributed by atoms with Crippen molar-refractivity contribution >= 4 is 28.2 Å². The summed E-state index contributed by atoms with van der Waals surface area (Å²) in [5.74, 6) is -1.07. The maximum absolute atomic E-state index is 11.9. The summed E-state index contributed by atoms with van der Waals surface area (Å²) in [6, 6.07) is 0. The van der Waals surface area contributed by atoms with Gasteiger partial charge in [0, 0.05) is 13.1 Å². The van der Waals surface area contributed by atoms with Crippen molar-refractivity contribution in [3.05, 3.63) is 11.2 Å². The third-order valence-electron chi connectivity index (χ3n) is 2.88. The zero-order valence-corrected chi connectivity index (χ0v) is 10.7. The normalized spacial score (nSPS) is 15.4. The van der Waals surface area contributed by atoms with Crippen molar-refractivity contribution in [1.29, 1.82) is 0 Å². The molecule has 0 saturated carbocycles.